The number of fused-ring (bicyclic) bond motifs is 3. The highest BCUT2D eigenvalue weighted by Gasteiger charge is 2.17. The molecule has 0 amide bonds. The quantitative estimate of drug-likeness (QED) is 0.579. The zero-order valence-corrected chi connectivity index (χ0v) is 13.1. The van der Waals surface area contributed by atoms with E-state index in [-0.39, 0.29) is 5.75 Å². The molecule has 24 heavy (non-hydrogen) atoms. The van der Waals surface area contributed by atoms with Crippen molar-refractivity contribution in [1.82, 2.24) is 19.6 Å². The van der Waals surface area contributed by atoms with Crippen LogP contribution in [0.25, 0.3) is 16.7 Å². The van der Waals surface area contributed by atoms with E-state index in [4.69, 9.17) is 4.74 Å². The first-order valence-corrected chi connectivity index (χ1v) is 7.35. The van der Waals surface area contributed by atoms with Crippen molar-refractivity contribution in [3.8, 4) is 5.75 Å². The zero-order valence-electron chi connectivity index (χ0n) is 13.1. The maximum absolute atomic E-state index is 14.3. The normalized spacial score (nSPS) is 11.1. The highest BCUT2D eigenvalue weighted by Crippen LogP contribution is 2.33. The van der Waals surface area contributed by atoms with Crippen molar-refractivity contribution in [2.45, 2.75) is 0 Å². The first-order valence-electron chi connectivity index (χ1n) is 7.35. The van der Waals surface area contributed by atoms with Crippen molar-refractivity contribution in [1.29, 1.82) is 0 Å². The summed E-state index contributed by atoms with van der Waals surface area (Å²) >= 11 is 0. The molecule has 2 aromatic carbocycles. The number of ether oxygens (including phenoxy) is 1. The fourth-order valence-electron chi connectivity index (χ4n) is 2.74. The lowest BCUT2D eigenvalue weighted by molar-refractivity contribution is 0.387. The van der Waals surface area contributed by atoms with Crippen LogP contribution >= 0.6 is 0 Å². The third kappa shape index (κ3) is 2.13. The standard InChI is InChI=1S/C17H14FN5O/c1-22(11-6-4-3-5-7-11)16-12-8-13(18)15(24-2)9-14(12)23-10-19-21-17(23)20-16/h3-10H,1-2H3. The number of anilines is 2. The molecule has 0 aliphatic carbocycles. The third-order valence-electron chi connectivity index (χ3n) is 3.97. The minimum absolute atomic E-state index is 0.164. The highest BCUT2D eigenvalue weighted by atomic mass is 19.1. The van der Waals surface area contributed by atoms with E-state index in [1.54, 1.807) is 16.8 Å². The predicted octanol–water partition coefficient (Wildman–Crippen LogP) is 3.19. The molecule has 0 fully saturated rings. The molecular formula is C17H14FN5O. The fourth-order valence-corrected chi connectivity index (χ4v) is 2.74. The summed E-state index contributed by atoms with van der Waals surface area (Å²) in [6.45, 7) is 0. The molecule has 4 rings (SSSR count). The summed E-state index contributed by atoms with van der Waals surface area (Å²) in [4.78, 5) is 6.44. The molecule has 0 spiro atoms. The van der Waals surface area contributed by atoms with Gasteiger partial charge >= 0.3 is 0 Å². The Hall–Kier alpha value is -3.22. The Bertz CT molecular complexity index is 1030. The van der Waals surface area contributed by atoms with Gasteiger partial charge in [0.2, 0.25) is 0 Å². The van der Waals surface area contributed by atoms with Crippen LogP contribution in [0, 0.1) is 5.82 Å². The van der Waals surface area contributed by atoms with Crippen LogP contribution in [-0.4, -0.2) is 33.7 Å². The van der Waals surface area contributed by atoms with E-state index in [0.29, 0.717) is 17.0 Å². The van der Waals surface area contributed by atoms with Crippen molar-refractivity contribution in [2.24, 2.45) is 0 Å². The lowest BCUT2D eigenvalue weighted by atomic mass is 10.2. The number of hydrogen-bond acceptors (Lipinski definition) is 5. The summed E-state index contributed by atoms with van der Waals surface area (Å²) in [7, 11) is 3.32. The highest BCUT2D eigenvalue weighted by molar-refractivity contribution is 5.94. The van der Waals surface area contributed by atoms with E-state index in [0.717, 1.165) is 11.2 Å². The van der Waals surface area contributed by atoms with Crippen molar-refractivity contribution >= 4 is 28.2 Å². The van der Waals surface area contributed by atoms with Gasteiger partial charge in [-0.1, -0.05) is 18.2 Å². The van der Waals surface area contributed by atoms with Gasteiger partial charge in [-0.15, -0.1) is 10.2 Å². The van der Waals surface area contributed by atoms with E-state index in [1.807, 2.05) is 42.3 Å². The van der Waals surface area contributed by atoms with E-state index in [9.17, 15) is 4.39 Å². The number of rotatable bonds is 3. The molecule has 0 aliphatic rings. The largest absolute Gasteiger partial charge is 0.494 e. The molecule has 0 N–H and O–H groups in total. The minimum Gasteiger partial charge on any atom is -0.494 e. The number of halogens is 1. The van der Waals surface area contributed by atoms with Gasteiger partial charge in [0.1, 0.15) is 12.1 Å². The number of nitrogens with zero attached hydrogens (tertiary/aromatic N) is 5. The smallest absolute Gasteiger partial charge is 0.257 e. The van der Waals surface area contributed by atoms with Crippen molar-refractivity contribution < 1.29 is 9.13 Å². The number of methoxy groups -OCH3 is 1. The Labute approximate surface area is 137 Å². The third-order valence-corrected chi connectivity index (χ3v) is 3.97. The molecule has 6 nitrogen and oxygen atoms in total. The van der Waals surface area contributed by atoms with E-state index in [2.05, 4.69) is 15.2 Å². The minimum atomic E-state index is -0.443. The Morgan fingerprint density at radius 1 is 1.17 bits per heavy atom. The lowest BCUT2D eigenvalue weighted by Gasteiger charge is -2.20. The Morgan fingerprint density at radius 3 is 2.71 bits per heavy atom. The van der Waals surface area contributed by atoms with Gasteiger partial charge in [-0.2, -0.15) is 4.98 Å². The van der Waals surface area contributed by atoms with Crippen molar-refractivity contribution in [3.63, 3.8) is 0 Å². The van der Waals surface area contributed by atoms with E-state index in [1.165, 1.54) is 13.2 Å². The number of benzene rings is 2. The van der Waals surface area contributed by atoms with Crippen LogP contribution in [0.15, 0.2) is 48.8 Å². The van der Waals surface area contributed by atoms with Gasteiger partial charge in [0.05, 0.1) is 12.6 Å². The van der Waals surface area contributed by atoms with E-state index >= 15 is 0 Å². The summed E-state index contributed by atoms with van der Waals surface area (Å²) in [6.07, 6.45) is 1.55. The maximum atomic E-state index is 14.3. The van der Waals surface area contributed by atoms with Crippen LogP contribution in [0.2, 0.25) is 0 Å². The van der Waals surface area contributed by atoms with Crippen LogP contribution in [-0.2, 0) is 0 Å². The Kier molecular flexibility index (Phi) is 3.26. The SMILES string of the molecule is COc1cc2c(cc1F)c(N(C)c1ccccc1)nc1nncn12. The summed E-state index contributed by atoms with van der Waals surface area (Å²) < 4.78 is 21.1. The molecular weight excluding hydrogens is 309 g/mol. The average Bonchev–Trinajstić information content (AvgIpc) is 3.09. The summed E-state index contributed by atoms with van der Waals surface area (Å²) in [5, 5.41) is 8.57. The van der Waals surface area contributed by atoms with Crippen LogP contribution in [0.5, 0.6) is 5.75 Å². The fraction of sp³-hybridized carbons (Fsp3) is 0.118. The molecule has 2 aromatic heterocycles. The second-order valence-electron chi connectivity index (χ2n) is 5.33. The molecule has 4 aromatic rings. The predicted molar refractivity (Wildman–Crippen MR) is 89.3 cm³/mol. The van der Waals surface area contributed by atoms with Gasteiger partial charge in [-0.05, 0) is 18.2 Å². The monoisotopic (exact) mass is 323 g/mol. The molecule has 0 atom stereocenters. The second kappa shape index (κ2) is 5.45. The van der Waals surface area contributed by atoms with Gasteiger partial charge in [0, 0.05) is 24.2 Å². The zero-order chi connectivity index (χ0) is 16.7. The van der Waals surface area contributed by atoms with Crippen LogP contribution in [0.1, 0.15) is 0 Å². The van der Waals surface area contributed by atoms with Gasteiger partial charge in [0.25, 0.3) is 5.78 Å². The molecule has 0 saturated heterocycles. The number of aromatic nitrogens is 4. The molecule has 0 unspecified atom stereocenters. The maximum Gasteiger partial charge on any atom is 0.257 e. The summed E-state index contributed by atoms with van der Waals surface area (Å²) in [5.41, 5.74) is 1.66. The van der Waals surface area contributed by atoms with Crippen LogP contribution in [0.4, 0.5) is 15.9 Å². The van der Waals surface area contributed by atoms with Crippen molar-refractivity contribution in [2.75, 3.05) is 19.1 Å². The Balaban J connectivity index is 2.04. The van der Waals surface area contributed by atoms with E-state index < -0.39 is 5.82 Å². The van der Waals surface area contributed by atoms with Crippen LogP contribution < -0.4 is 9.64 Å². The van der Waals surface area contributed by atoms with Gasteiger partial charge < -0.3 is 9.64 Å². The van der Waals surface area contributed by atoms with Crippen LogP contribution in [0.3, 0.4) is 0 Å². The number of para-hydroxylation sites is 1. The van der Waals surface area contributed by atoms with Crippen molar-refractivity contribution in [3.05, 3.63) is 54.6 Å². The lowest BCUT2D eigenvalue weighted by Crippen LogP contribution is -2.13. The molecule has 7 heteroatoms. The molecule has 0 bridgehead atoms. The topological polar surface area (TPSA) is 55.5 Å². The van der Waals surface area contributed by atoms with Gasteiger partial charge in [-0.3, -0.25) is 4.40 Å². The van der Waals surface area contributed by atoms with Gasteiger partial charge in [-0.25, -0.2) is 4.39 Å². The molecule has 0 saturated carbocycles. The number of hydrogen-bond donors (Lipinski definition) is 0. The molecule has 0 aliphatic heterocycles. The average molecular weight is 323 g/mol. The van der Waals surface area contributed by atoms with Gasteiger partial charge in [0.15, 0.2) is 11.6 Å². The first-order chi connectivity index (χ1) is 11.7. The first kappa shape index (κ1) is 14.4. The second-order valence-corrected chi connectivity index (χ2v) is 5.33. The molecule has 2 heterocycles. The summed E-state index contributed by atoms with van der Waals surface area (Å²) in [6, 6.07) is 12.8. The molecule has 0 radical (unpaired) electrons. The summed E-state index contributed by atoms with van der Waals surface area (Å²) in [5.74, 6) is 0.756. The Morgan fingerprint density at radius 2 is 1.96 bits per heavy atom. The molecule has 120 valence electrons.